The van der Waals surface area contributed by atoms with Crippen LogP contribution in [0.2, 0.25) is 0 Å². The highest BCUT2D eigenvalue weighted by atomic mass is 16.2. The van der Waals surface area contributed by atoms with Crippen molar-refractivity contribution in [3.05, 3.63) is 11.1 Å². The van der Waals surface area contributed by atoms with Crippen LogP contribution in [-0.2, 0) is 9.59 Å². The van der Waals surface area contributed by atoms with Gasteiger partial charge in [0.05, 0.1) is 11.8 Å². The molecule has 0 aromatic heterocycles. The van der Waals surface area contributed by atoms with Gasteiger partial charge in [-0.15, -0.1) is 0 Å². The SMILES string of the molecule is CC1(C)CCCC2=C1C[C@@H]1C(=O)NC(=O)[C@H]1C2. The number of allylic oxidation sites excluding steroid dienone is 2. The minimum absolute atomic E-state index is 0.0464. The predicted molar refractivity (Wildman–Crippen MR) is 64.0 cm³/mol. The van der Waals surface area contributed by atoms with Crippen LogP contribution in [0.25, 0.3) is 0 Å². The third kappa shape index (κ3) is 1.55. The van der Waals surface area contributed by atoms with Crippen LogP contribution in [-0.4, -0.2) is 11.8 Å². The molecule has 0 saturated carbocycles. The van der Waals surface area contributed by atoms with Crippen LogP contribution in [0, 0.1) is 17.3 Å². The van der Waals surface area contributed by atoms with E-state index in [1.807, 2.05) is 0 Å². The highest BCUT2D eigenvalue weighted by Gasteiger charge is 2.47. The van der Waals surface area contributed by atoms with E-state index in [2.05, 4.69) is 19.2 Å². The number of hydrogen-bond acceptors (Lipinski definition) is 2. The maximum absolute atomic E-state index is 11.7. The van der Waals surface area contributed by atoms with Crippen LogP contribution >= 0.6 is 0 Å². The van der Waals surface area contributed by atoms with E-state index in [4.69, 9.17) is 0 Å². The Bertz CT molecular complexity index is 434. The van der Waals surface area contributed by atoms with Gasteiger partial charge in [0.15, 0.2) is 0 Å². The monoisotopic (exact) mass is 233 g/mol. The fourth-order valence-corrected chi connectivity index (χ4v) is 3.80. The number of imide groups is 1. The quantitative estimate of drug-likeness (QED) is 0.515. The number of fused-ring (bicyclic) bond motifs is 1. The third-order valence-electron chi connectivity index (χ3n) is 4.82. The van der Waals surface area contributed by atoms with Crippen LogP contribution in [0.15, 0.2) is 11.1 Å². The summed E-state index contributed by atoms with van der Waals surface area (Å²) in [5.41, 5.74) is 3.16. The molecule has 3 nitrogen and oxygen atoms in total. The van der Waals surface area contributed by atoms with Crippen LogP contribution in [0.4, 0.5) is 0 Å². The zero-order chi connectivity index (χ0) is 12.2. The van der Waals surface area contributed by atoms with Gasteiger partial charge in [-0.3, -0.25) is 14.9 Å². The Morgan fingerprint density at radius 1 is 1.12 bits per heavy atom. The van der Waals surface area contributed by atoms with E-state index in [0.717, 1.165) is 19.3 Å². The summed E-state index contributed by atoms with van der Waals surface area (Å²) in [6.07, 6.45) is 5.19. The molecule has 17 heavy (non-hydrogen) atoms. The fraction of sp³-hybridized carbons (Fsp3) is 0.714. The number of nitrogens with one attached hydrogen (secondary N) is 1. The van der Waals surface area contributed by atoms with Gasteiger partial charge in [-0.05, 0) is 37.5 Å². The van der Waals surface area contributed by atoms with Crippen LogP contribution in [0.5, 0.6) is 0 Å². The molecule has 1 heterocycles. The number of amides is 2. The molecule has 0 spiro atoms. The molecule has 3 aliphatic rings. The maximum atomic E-state index is 11.7. The van der Waals surface area contributed by atoms with Gasteiger partial charge in [-0.1, -0.05) is 25.0 Å². The summed E-state index contributed by atoms with van der Waals surface area (Å²) in [7, 11) is 0. The normalized spacial score (nSPS) is 35.4. The third-order valence-corrected chi connectivity index (χ3v) is 4.82. The summed E-state index contributed by atoms with van der Waals surface area (Å²) in [6, 6.07) is 0. The summed E-state index contributed by atoms with van der Waals surface area (Å²) >= 11 is 0. The fourth-order valence-electron chi connectivity index (χ4n) is 3.80. The van der Waals surface area contributed by atoms with Crippen LogP contribution < -0.4 is 5.32 Å². The molecule has 0 radical (unpaired) electrons. The molecule has 1 N–H and O–H groups in total. The van der Waals surface area contributed by atoms with Crippen molar-refractivity contribution in [2.45, 2.75) is 46.0 Å². The Morgan fingerprint density at radius 3 is 2.47 bits per heavy atom. The number of hydrogen-bond donors (Lipinski definition) is 1. The molecule has 92 valence electrons. The maximum Gasteiger partial charge on any atom is 0.230 e. The van der Waals surface area contributed by atoms with E-state index >= 15 is 0 Å². The molecule has 3 heteroatoms. The van der Waals surface area contributed by atoms with Crippen molar-refractivity contribution in [1.29, 1.82) is 0 Å². The largest absolute Gasteiger partial charge is 0.296 e. The Labute approximate surface area is 102 Å². The molecule has 2 amide bonds. The zero-order valence-electron chi connectivity index (χ0n) is 10.5. The van der Waals surface area contributed by atoms with Gasteiger partial charge in [0.1, 0.15) is 0 Å². The van der Waals surface area contributed by atoms with E-state index < -0.39 is 0 Å². The number of rotatable bonds is 0. The van der Waals surface area contributed by atoms with Gasteiger partial charge < -0.3 is 0 Å². The first-order valence-electron chi connectivity index (χ1n) is 6.55. The van der Waals surface area contributed by atoms with Crippen molar-refractivity contribution in [2.75, 3.05) is 0 Å². The molecule has 0 unspecified atom stereocenters. The Morgan fingerprint density at radius 2 is 1.76 bits per heavy atom. The van der Waals surface area contributed by atoms with Gasteiger partial charge in [-0.25, -0.2) is 0 Å². The second kappa shape index (κ2) is 3.44. The van der Waals surface area contributed by atoms with Crippen molar-refractivity contribution >= 4 is 11.8 Å². The molecule has 0 aromatic rings. The lowest BCUT2D eigenvalue weighted by Crippen LogP contribution is -2.31. The first-order chi connectivity index (χ1) is 7.99. The smallest absolute Gasteiger partial charge is 0.230 e. The molecule has 0 aromatic carbocycles. The molecule has 1 aliphatic heterocycles. The highest BCUT2D eigenvalue weighted by molar-refractivity contribution is 6.05. The minimum Gasteiger partial charge on any atom is -0.296 e. The number of carbonyl (C=O) groups excluding carboxylic acids is 2. The molecule has 1 fully saturated rings. The average molecular weight is 233 g/mol. The van der Waals surface area contributed by atoms with Gasteiger partial charge in [0.25, 0.3) is 0 Å². The van der Waals surface area contributed by atoms with Crippen molar-refractivity contribution in [3.8, 4) is 0 Å². The Hall–Kier alpha value is -1.12. The van der Waals surface area contributed by atoms with E-state index in [1.54, 1.807) is 0 Å². The second-order valence-corrected chi connectivity index (χ2v) is 6.29. The summed E-state index contributed by atoms with van der Waals surface area (Å²) in [4.78, 5) is 23.5. The Balaban J connectivity index is 1.98. The second-order valence-electron chi connectivity index (χ2n) is 6.29. The van der Waals surface area contributed by atoms with Crippen molar-refractivity contribution in [3.63, 3.8) is 0 Å². The molecule has 1 saturated heterocycles. The summed E-state index contributed by atoms with van der Waals surface area (Å²) in [5, 5.41) is 2.49. The first-order valence-corrected chi connectivity index (χ1v) is 6.55. The molecular weight excluding hydrogens is 214 g/mol. The molecular formula is C14H19NO2. The van der Waals surface area contributed by atoms with Crippen molar-refractivity contribution < 1.29 is 9.59 Å². The molecule has 0 bridgehead atoms. The summed E-state index contributed by atoms with van der Waals surface area (Å²) in [6.45, 7) is 4.55. The van der Waals surface area contributed by atoms with Crippen molar-refractivity contribution in [1.82, 2.24) is 5.32 Å². The molecule has 2 atom stereocenters. The first kappa shape index (κ1) is 11.0. The van der Waals surface area contributed by atoms with E-state index in [1.165, 1.54) is 24.0 Å². The minimum atomic E-state index is -0.0846. The van der Waals surface area contributed by atoms with Gasteiger partial charge >= 0.3 is 0 Å². The molecule has 2 aliphatic carbocycles. The van der Waals surface area contributed by atoms with E-state index in [9.17, 15) is 9.59 Å². The van der Waals surface area contributed by atoms with E-state index in [0.29, 0.717) is 0 Å². The zero-order valence-corrected chi connectivity index (χ0v) is 10.5. The van der Waals surface area contributed by atoms with Gasteiger partial charge in [0, 0.05) is 0 Å². The average Bonchev–Trinajstić information content (AvgIpc) is 2.53. The summed E-state index contributed by atoms with van der Waals surface area (Å²) < 4.78 is 0. The topological polar surface area (TPSA) is 46.2 Å². The standard InChI is InChI=1S/C14H19NO2/c1-14(2)5-3-4-8-6-9-10(7-11(8)14)13(17)15-12(9)16/h9-10H,3-7H2,1-2H3,(H,15,16,17)/t9-,10-/m0/s1. The Kier molecular flexibility index (Phi) is 2.22. The van der Waals surface area contributed by atoms with Gasteiger partial charge in [0.2, 0.25) is 11.8 Å². The van der Waals surface area contributed by atoms with Crippen molar-refractivity contribution in [2.24, 2.45) is 17.3 Å². The lowest BCUT2D eigenvalue weighted by Gasteiger charge is -2.40. The predicted octanol–water partition coefficient (Wildman–Crippen LogP) is 2.18. The highest BCUT2D eigenvalue weighted by Crippen LogP contribution is 2.50. The van der Waals surface area contributed by atoms with E-state index in [-0.39, 0.29) is 29.1 Å². The van der Waals surface area contributed by atoms with Crippen LogP contribution in [0.3, 0.4) is 0 Å². The number of carbonyl (C=O) groups is 2. The van der Waals surface area contributed by atoms with Crippen LogP contribution in [0.1, 0.15) is 46.0 Å². The van der Waals surface area contributed by atoms with Gasteiger partial charge in [-0.2, -0.15) is 0 Å². The summed E-state index contributed by atoms with van der Waals surface area (Å²) in [5.74, 6) is -0.253. The lowest BCUT2D eigenvalue weighted by atomic mass is 9.63. The lowest BCUT2D eigenvalue weighted by molar-refractivity contribution is -0.126. The molecule has 3 rings (SSSR count).